The Balaban J connectivity index is 1.68. The summed E-state index contributed by atoms with van der Waals surface area (Å²) in [5.74, 6) is 2.20. The minimum absolute atomic E-state index is 0.329. The molecule has 21 heavy (non-hydrogen) atoms. The van der Waals surface area contributed by atoms with Crippen molar-refractivity contribution in [1.82, 2.24) is 20.4 Å². The predicted molar refractivity (Wildman–Crippen MR) is 81.9 cm³/mol. The Bertz CT molecular complexity index is 443. The van der Waals surface area contributed by atoms with Crippen LogP contribution in [0.3, 0.4) is 0 Å². The number of piperazine rings is 1. The van der Waals surface area contributed by atoms with Gasteiger partial charge in [-0.1, -0.05) is 38.3 Å². The van der Waals surface area contributed by atoms with Crippen LogP contribution in [0.5, 0.6) is 0 Å². The molecule has 0 amide bonds. The number of nitrogens with zero attached hydrogens (tertiary/aromatic N) is 3. The molecule has 5 nitrogen and oxygen atoms in total. The van der Waals surface area contributed by atoms with Gasteiger partial charge in [-0.2, -0.15) is 4.98 Å². The Labute approximate surface area is 127 Å². The van der Waals surface area contributed by atoms with Crippen molar-refractivity contribution in [3.63, 3.8) is 0 Å². The zero-order valence-electron chi connectivity index (χ0n) is 13.4. The smallest absolute Gasteiger partial charge is 0.226 e. The molecule has 2 fully saturated rings. The predicted octanol–water partition coefficient (Wildman–Crippen LogP) is 2.38. The lowest BCUT2D eigenvalue weighted by Gasteiger charge is -2.49. The van der Waals surface area contributed by atoms with Gasteiger partial charge in [-0.15, -0.1) is 0 Å². The molecule has 0 atom stereocenters. The lowest BCUT2D eigenvalue weighted by molar-refractivity contribution is 0.0184. The molecule has 1 spiro atoms. The minimum Gasteiger partial charge on any atom is -0.339 e. The maximum absolute atomic E-state index is 5.39. The lowest BCUT2D eigenvalue weighted by Crippen LogP contribution is -2.61. The lowest BCUT2D eigenvalue weighted by atomic mass is 9.79. The van der Waals surface area contributed by atoms with E-state index >= 15 is 0 Å². The van der Waals surface area contributed by atoms with Crippen molar-refractivity contribution in [3.8, 4) is 0 Å². The van der Waals surface area contributed by atoms with Gasteiger partial charge in [-0.3, -0.25) is 4.90 Å². The third-order valence-corrected chi connectivity index (χ3v) is 4.89. The summed E-state index contributed by atoms with van der Waals surface area (Å²) in [6, 6.07) is 0. The van der Waals surface area contributed by atoms with Crippen molar-refractivity contribution < 1.29 is 4.52 Å². The zero-order valence-corrected chi connectivity index (χ0v) is 13.4. The van der Waals surface area contributed by atoms with E-state index in [1.807, 2.05) is 0 Å². The molecule has 118 valence electrons. The van der Waals surface area contributed by atoms with E-state index in [1.54, 1.807) is 0 Å². The molecule has 0 aromatic carbocycles. The maximum atomic E-state index is 5.39. The number of rotatable bonds is 4. The van der Waals surface area contributed by atoms with Gasteiger partial charge in [0, 0.05) is 31.6 Å². The molecule has 1 saturated carbocycles. The van der Waals surface area contributed by atoms with E-state index in [4.69, 9.17) is 4.52 Å². The molecule has 0 bridgehead atoms. The number of aromatic nitrogens is 2. The highest BCUT2D eigenvalue weighted by Gasteiger charge is 2.40. The SMILES string of the molecule is CC(C)Cc1nc(CN2CCNCC23CCCCC3)no1. The first-order valence-corrected chi connectivity index (χ1v) is 8.45. The number of hydrogen-bond donors (Lipinski definition) is 1. The van der Waals surface area contributed by atoms with E-state index in [-0.39, 0.29) is 0 Å². The van der Waals surface area contributed by atoms with Gasteiger partial charge >= 0.3 is 0 Å². The van der Waals surface area contributed by atoms with Crippen molar-refractivity contribution >= 4 is 0 Å². The van der Waals surface area contributed by atoms with Crippen LogP contribution in [0.1, 0.15) is 57.7 Å². The highest BCUT2D eigenvalue weighted by atomic mass is 16.5. The molecule has 1 saturated heterocycles. The molecule has 1 aromatic rings. The van der Waals surface area contributed by atoms with Gasteiger partial charge in [-0.05, 0) is 18.8 Å². The van der Waals surface area contributed by atoms with Crippen molar-refractivity contribution in [1.29, 1.82) is 0 Å². The molecule has 1 aliphatic carbocycles. The van der Waals surface area contributed by atoms with Crippen LogP contribution < -0.4 is 5.32 Å². The third-order valence-electron chi connectivity index (χ3n) is 4.89. The van der Waals surface area contributed by atoms with Gasteiger partial charge < -0.3 is 9.84 Å². The Morgan fingerprint density at radius 3 is 2.86 bits per heavy atom. The van der Waals surface area contributed by atoms with Gasteiger partial charge in [0.2, 0.25) is 5.89 Å². The summed E-state index contributed by atoms with van der Waals surface area (Å²) < 4.78 is 5.39. The first-order valence-electron chi connectivity index (χ1n) is 8.45. The van der Waals surface area contributed by atoms with Crippen LogP contribution in [-0.4, -0.2) is 40.2 Å². The molecular formula is C16H28N4O. The maximum Gasteiger partial charge on any atom is 0.226 e. The Hall–Kier alpha value is -0.940. The second-order valence-corrected chi connectivity index (χ2v) is 7.09. The fourth-order valence-corrected chi connectivity index (χ4v) is 3.79. The summed E-state index contributed by atoms with van der Waals surface area (Å²) in [5, 5.41) is 7.78. The van der Waals surface area contributed by atoms with Crippen LogP contribution >= 0.6 is 0 Å². The molecule has 0 radical (unpaired) electrons. The Morgan fingerprint density at radius 2 is 2.10 bits per heavy atom. The summed E-state index contributed by atoms with van der Waals surface area (Å²) in [7, 11) is 0. The summed E-state index contributed by atoms with van der Waals surface area (Å²) in [4.78, 5) is 7.19. The number of hydrogen-bond acceptors (Lipinski definition) is 5. The van der Waals surface area contributed by atoms with Gasteiger partial charge in [0.05, 0.1) is 6.54 Å². The Morgan fingerprint density at radius 1 is 1.29 bits per heavy atom. The fourth-order valence-electron chi connectivity index (χ4n) is 3.79. The summed E-state index contributed by atoms with van der Waals surface area (Å²) in [5.41, 5.74) is 0.329. The van der Waals surface area contributed by atoms with Crippen LogP contribution in [0.4, 0.5) is 0 Å². The molecule has 2 aliphatic rings. The summed E-state index contributed by atoms with van der Waals surface area (Å²) in [6.07, 6.45) is 7.56. The molecule has 0 unspecified atom stereocenters. The molecule has 1 N–H and O–H groups in total. The Kier molecular flexibility index (Phi) is 4.60. The first kappa shape index (κ1) is 15.0. The van der Waals surface area contributed by atoms with Crippen LogP contribution in [0.2, 0.25) is 0 Å². The van der Waals surface area contributed by atoms with Crippen LogP contribution in [-0.2, 0) is 13.0 Å². The van der Waals surface area contributed by atoms with Crippen molar-refractivity contribution in [2.75, 3.05) is 19.6 Å². The largest absolute Gasteiger partial charge is 0.339 e. The van der Waals surface area contributed by atoms with Gasteiger partial charge in [0.15, 0.2) is 5.82 Å². The monoisotopic (exact) mass is 292 g/mol. The van der Waals surface area contributed by atoms with Crippen molar-refractivity contribution in [2.24, 2.45) is 5.92 Å². The zero-order chi connectivity index (χ0) is 14.7. The molecule has 5 heteroatoms. The summed E-state index contributed by atoms with van der Waals surface area (Å²) >= 11 is 0. The average Bonchev–Trinajstić information content (AvgIpc) is 2.89. The first-order chi connectivity index (χ1) is 10.2. The van der Waals surface area contributed by atoms with Crippen molar-refractivity contribution in [2.45, 2.75) is 64.5 Å². The summed E-state index contributed by atoms with van der Waals surface area (Å²) in [6.45, 7) is 8.47. The molecule has 1 aromatic heterocycles. The number of nitrogens with one attached hydrogen (secondary N) is 1. The van der Waals surface area contributed by atoms with E-state index in [9.17, 15) is 0 Å². The van der Waals surface area contributed by atoms with Gasteiger partial charge in [0.1, 0.15) is 0 Å². The highest BCUT2D eigenvalue weighted by molar-refractivity contribution is 5.00. The van der Waals surface area contributed by atoms with E-state index in [1.165, 1.54) is 32.1 Å². The van der Waals surface area contributed by atoms with Crippen LogP contribution in [0.15, 0.2) is 4.52 Å². The highest BCUT2D eigenvalue weighted by Crippen LogP contribution is 2.35. The van der Waals surface area contributed by atoms with Gasteiger partial charge in [-0.25, -0.2) is 0 Å². The van der Waals surface area contributed by atoms with Crippen LogP contribution in [0, 0.1) is 5.92 Å². The minimum atomic E-state index is 0.329. The average molecular weight is 292 g/mol. The molecule has 3 rings (SSSR count). The molecule has 2 heterocycles. The fraction of sp³-hybridized carbons (Fsp3) is 0.875. The quantitative estimate of drug-likeness (QED) is 0.923. The standard InChI is InChI=1S/C16H28N4O/c1-13(2)10-15-18-14(19-21-15)11-20-9-8-17-12-16(20)6-4-3-5-7-16/h13,17H,3-12H2,1-2H3. The second kappa shape index (κ2) is 6.44. The van der Waals surface area contributed by atoms with E-state index in [2.05, 4.69) is 34.2 Å². The van der Waals surface area contributed by atoms with E-state index < -0.39 is 0 Å². The topological polar surface area (TPSA) is 54.2 Å². The van der Waals surface area contributed by atoms with E-state index in [0.29, 0.717) is 11.5 Å². The van der Waals surface area contributed by atoms with Crippen molar-refractivity contribution in [3.05, 3.63) is 11.7 Å². The van der Waals surface area contributed by atoms with Gasteiger partial charge in [0.25, 0.3) is 0 Å². The second-order valence-electron chi connectivity index (χ2n) is 7.09. The van der Waals surface area contributed by atoms with E-state index in [0.717, 1.165) is 44.3 Å². The third kappa shape index (κ3) is 3.46. The molecule has 1 aliphatic heterocycles. The normalized spacial score (nSPS) is 23.0. The molecular weight excluding hydrogens is 264 g/mol. The van der Waals surface area contributed by atoms with Crippen LogP contribution in [0.25, 0.3) is 0 Å².